The first-order valence-corrected chi connectivity index (χ1v) is 11.0. The summed E-state index contributed by atoms with van der Waals surface area (Å²) in [7, 11) is -2.63. The molecular formula is C21H18BrFN2O4S. The fraction of sp³-hybridized carbons (Fsp3) is 0.0952. The molecule has 1 N–H and O–H groups in total. The van der Waals surface area contributed by atoms with Crippen LogP contribution >= 0.6 is 15.9 Å². The molecule has 0 saturated carbocycles. The second-order valence-electron chi connectivity index (χ2n) is 6.22. The molecule has 0 fully saturated rings. The predicted molar refractivity (Wildman–Crippen MR) is 117 cm³/mol. The SMILES string of the molecule is COc1ccc(S(=O)(=O)N(CC(=O)Nc2ccc(Br)cc2)c2ccc(F)cc2)cc1. The van der Waals surface area contributed by atoms with E-state index in [9.17, 15) is 17.6 Å². The first kappa shape index (κ1) is 21.8. The van der Waals surface area contributed by atoms with Crippen molar-refractivity contribution in [3.8, 4) is 5.75 Å². The molecule has 3 aromatic carbocycles. The van der Waals surface area contributed by atoms with E-state index in [1.54, 1.807) is 24.3 Å². The van der Waals surface area contributed by atoms with Crippen molar-refractivity contribution in [2.24, 2.45) is 0 Å². The lowest BCUT2D eigenvalue weighted by molar-refractivity contribution is -0.114. The molecule has 0 spiro atoms. The van der Waals surface area contributed by atoms with E-state index in [1.807, 2.05) is 0 Å². The predicted octanol–water partition coefficient (Wildman–Crippen LogP) is 4.43. The van der Waals surface area contributed by atoms with E-state index in [-0.39, 0.29) is 10.6 Å². The Morgan fingerprint density at radius 3 is 2.17 bits per heavy atom. The van der Waals surface area contributed by atoms with Crippen molar-refractivity contribution in [1.29, 1.82) is 0 Å². The second-order valence-corrected chi connectivity index (χ2v) is 9.00. The van der Waals surface area contributed by atoms with Crippen molar-refractivity contribution < 1.29 is 22.3 Å². The van der Waals surface area contributed by atoms with Gasteiger partial charge in [0.2, 0.25) is 5.91 Å². The zero-order valence-corrected chi connectivity index (χ0v) is 18.3. The monoisotopic (exact) mass is 492 g/mol. The van der Waals surface area contributed by atoms with E-state index >= 15 is 0 Å². The van der Waals surface area contributed by atoms with Crippen LogP contribution in [0.4, 0.5) is 15.8 Å². The first-order valence-electron chi connectivity index (χ1n) is 8.77. The second kappa shape index (κ2) is 9.27. The Kier molecular flexibility index (Phi) is 6.73. The number of nitrogens with zero attached hydrogens (tertiary/aromatic N) is 1. The summed E-state index contributed by atoms with van der Waals surface area (Å²) in [5.74, 6) is -0.561. The Morgan fingerprint density at radius 1 is 1.00 bits per heavy atom. The summed E-state index contributed by atoms with van der Waals surface area (Å²) < 4.78 is 46.7. The fourth-order valence-corrected chi connectivity index (χ4v) is 4.35. The Balaban J connectivity index is 1.92. The maximum atomic E-state index is 13.4. The van der Waals surface area contributed by atoms with E-state index in [0.717, 1.165) is 20.9 Å². The molecule has 0 aromatic heterocycles. The number of nitrogens with one attached hydrogen (secondary N) is 1. The molecule has 0 unspecified atom stereocenters. The highest BCUT2D eigenvalue weighted by Crippen LogP contribution is 2.25. The Morgan fingerprint density at radius 2 is 1.60 bits per heavy atom. The molecule has 30 heavy (non-hydrogen) atoms. The number of hydrogen-bond acceptors (Lipinski definition) is 4. The number of ether oxygens (including phenoxy) is 1. The lowest BCUT2D eigenvalue weighted by Gasteiger charge is -2.24. The van der Waals surface area contributed by atoms with Crippen molar-refractivity contribution in [3.63, 3.8) is 0 Å². The van der Waals surface area contributed by atoms with Gasteiger partial charge in [-0.25, -0.2) is 12.8 Å². The topological polar surface area (TPSA) is 75.7 Å². The largest absolute Gasteiger partial charge is 0.497 e. The van der Waals surface area contributed by atoms with E-state index in [2.05, 4.69) is 21.2 Å². The molecule has 3 aromatic rings. The van der Waals surface area contributed by atoms with Crippen LogP contribution in [0.25, 0.3) is 0 Å². The molecule has 9 heteroatoms. The fourth-order valence-electron chi connectivity index (χ4n) is 2.66. The van der Waals surface area contributed by atoms with Crippen molar-refractivity contribution >= 4 is 43.2 Å². The van der Waals surface area contributed by atoms with Crippen LogP contribution in [0.3, 0.4) is 0 Å². The van der Waals surface area contributed by atoms with Gasteiger partial charge in [-0.2, -0.15) is 0 Å². The number of rotatable bonds is 7. The lowest BCUT2D eigenvalue weighted by Crippen LogP contribution is -2.38. The molecule has 0 aliphatic heterocycles. The van der Waals surface area contributed by atoms with Gasteiger partial charge in [0.05, 0.1) is 17.7 Å². The summed E-state index contributed by atoms with van der Waals surface area (Å²) in [6.45, 7) is -0.490. The minimum atomic E-state index is -4.10. The Bertz CT molecular complexity index is 1120. The Labute approximate surface area is 182 Å². The molecule has 1 amide bonds. The smallest absolute Gasteiger partial charge is 0.264 e. The molecule has 6 nitrogen and oxygen atoms in total. The number of halogens is 2. The molecule has 0 bridgehead atoms. The van der Waals surface area contributed by atoms with Crippen molar-refractivity contribution in [1.82, 2.24) is 0 Å². The van der Waals surface area contributed by atoms with Gasteiger partial charge in [0.15, 0.2) is 0 Å². The van der Waals surface area contributed by atoms with Crippen molar-refractivity contribution in [3.05, 3.63) is 83.1 Å². The summed E-state index contributed by atoms with van der Waals surface area (Å²) in [6, 6.07) is 17.6. The summed E-state index contributed by atoms with van der Waals surface area (Å²) in [4.78, 5) is 12.6. The van der Waals surface area contributed by atoms with Gasteiger partial charge in [0, 0.05) is 10.2 Å². The van der Waals surface area contributed by atoms with E-state index in [4.69, 9.17) is 4.74 Å². The van der Waals surface area contributed by atoms with Gasteiger partial charge >= 0.3 is 0 Å². The molecule has 156 valence electrons. The zero-order chi connectivity index (χ0) is 21.7. The summed E-state index contributed by atoms with van der Waals surface area (Å²) in [5.41, 5.74) is 0.683. The molecule has 0 aliphatic carbocycles. The lowest BCUT2D eigenvalue weighted by atomic mass is 10.3. The zero-order valence-electron chi connectivity index (χ0n) is 15.9. The highest BCUT2D eigenvalue weighted by atomic mass is 79.9. The quantitative estimate of drug-likeness (QED) is 0.529. The number of hydrogen-bond donors (Lipinski definition) is 1. The molecule has 0 aliphatic rings. The highest BCUT2D eigenvalue weighted by molar-refractivity contribution is 9.10. The van der Waals surface area contributed by atoms with Gasteiger partial charge in [-0.3, -0.25) is 9.10 Å². The van der Waals surface area contributed by atoms with Crippen LogP contribution in [0.5, 0.6) is 5.75 Å². The molecule has 0 saturated heterocycles. The normalized spacial score (nSPS) is 11.0. The van der Waals surface area contributed by atoms with Gasteiger partial charge in [-0.1, -0.05) is 15.9 Å². The van der Waals surface area contributed by atoms with Gasteiger partial charge < -0.3 is 10.1 Å². The number of anilines is 2. The third kappa shape index (κ3) is 5.17. The molecular weight excluding hydrogens is 475 g/mol. The molecule has 3 rings (SSSR count). The first-order chi connectivity index (χ1) is 14.3. The molecule has 0 heterocycles. The van der Waals surface area contributed by atoms with Gasteiger partial charge in [0.1, 0.15) is 18.1 Å². The third-order valence-electron chi connectivity index (χ3n) is 4.18. The number of benzene rings is 3. The number of carbonyl (C=O) groups excluding carboxylic acids is 1. The summed E-state index contributed by atoms with van der Waals surface area (Å²) in [6.07, 6.45) is 0. The van der Waals surface area contributed by atoms with E-state index < -0.39 is 28.3 Å². The van der Waals surface area contributed by atoms with Crippen molar-refractivity contribution in [2.75, 3.05) is 23.3 Å². The highest BCUT2D eigenvalue weighted by Gasteiger charge is 2.27. The number of amides is 1. The van der Waals surface area contributed by atoms with Crippen LogP contribution in [0.1, 0.15) is 0 Å². The van der Waals surface area contributed by atoms with Crippen LogP contribution in [0, 0.1) is 5.82 Å². The minimum Gasteiger partial charge on any atom is -0.497 e. The van der Waals surface area contributed by atoms with Crippen LogP contribution in [0.2, 0.25) is 0 Å². The Hall–Kier alpha value is -2.91. The summed E-state index contributed by atoms with van der Waals surface area (Å²) in [5, 5.41) is 2.66. The van der Waals surface area contributed by atoms with Crippen molar-refractivity contribution in [2.45, 2.75) is 4.90 Å². The van der Waals surface area contributed by atoms with Crippen LogP contribution < -0.4 is 14.4 Å². The van der Waals surface area contributed by atoms with E-state index in [0.29, 0.717) is 11.4 Å². The van der Waals surface area contributed by atoms with Gasteiger partial charge in [-0.15, -0.1) is 0 Å². The van der Waals surface area contributed by atoms with Gasteiger partial charge in [0.25, 0.3) is 10.0 Å². The minimum absolute atomic E-state index is 0.0240. The average Bonchev–Trinajstić information content (AvgIpc) is 2.74. The van der Waals surface area contributed by atoms with Gasteiger partial charge in [-0.05, 0) is 72.8 Å². The number of methoxy groups -OCH3 is 1. The molecule has 0 atom stereocenters. The average molecular weight is 493 g/mol. The number of sulfonamides is 1. The molecule has 0 radical (unpaired) electrons. The van der Waals surface area contributed by atoms with Crippen LogP contribution in [-0.2, 0) is 14.8 Å². The van der Waals surface area contributed by atoms with E-state index in [1.165, 1.54) is 43.5 Å². The standard InChI is InChI=1S/C21H18BrFN2O4S/c1-29-19-10-12-20(13-11-19)30(27,28)25(18-8-4-16(23)5-9-18)14-21(26)24-17-6-2-15(22)3-7-17/h2-13H,14H2,1H3,(H,24,26). The third-order valence-corrected chi connectivity index (χ3v) is 6.49. The summed E-state index contributed by atoms with van der Waals surface area (Å²) >= 11 is 3.31. The maximum Gasteiger partial charge on any atom is 0.264 e. The van der Waals surface area contributed by atoms with Crippen LogP contribution in [-0.4, -0.2) is 28.0 Å². The van der Waals surface area contributed by atoms with Crippen LogP contribution in [0.15, 0.2) is 82.2 Å². The number of carbonyl (C=O) groups is 1. The maximum absolute atomic E-state index is 13.4.